The van der Waals surface area contributed by atoms with Crippen molar-refractivity contribution in [1.82, 2.24) is 10.3 Å². The highest BCUT2D eigenvalue weighted by molar-refractivity contribution is 5.94. The summed E-state index contributed by atoms with van der Waals surface area (Å²) < 4.78 is 5.23. The van der Waals surface area contributed by atoms with E-state index in [1.54, 1.807) is 19.4 Å². The summed E-state index contributed by atoms with van der Waals surface area (Å²) in [5, 5.41) is 2.80. The highest BCUT2D eigenvalue weighted by Gasteiger charge is 2.18. The molecule has 0 fully saturated rings. The molecule has 0 aliphatic carbocycles. The summed E-state index contributed by atoms with van der Waals surface area (Å²) in [7, 11) is 1.61. The van der Waals surface area contributed by atoms with Crippen LogP contribution in [0.2, 0.25) is 0 Å². The Morgan fingerprint density at radius 1 is 1.53 bits per heavy atom. The molecule has 102 valence electrons. The Labute approximate surface area is 113 Å². The third-order valence-corrected chi connectivity index (χ3v) is 2.56. The van der Waals surface area contributed by atoms with Gasteiger partial charge in [-0.05, 0) is 19.9 Å². The molecule has 5 nitrogen and oxygen atoms in total. The van der Waals surface area contributed by atoms with E-state index in [0.717, 1.165) is 0 Å². The second kappa shape index (κ2) is 6.88. The highest BCUT2D eigenvalue weighted by Crippen LogP contribution is 2.06. The molecule has 1 amide bonds. The zero-order valence-electron chi connectivity index (χ0n) is 11.5. The largest absolute Gasteiger partial charge is 0.377 e. The van der Waals surface area contributed by atoms with Crippen molar-refractivity contribution in [2.24, 2.45) is 5.73 Å². The van der Waals surface area contributed by atoms with Gasteiger partial charge >= 0.3 is 0 Å². The molecule has 0 bridgehead atoms. The van der Waals surface area contributed by atoms with Crippen LogP contribution in [0.3, 0.4) is 0 Å². The first-order valence-electron chi connectivity index (χ1n) is 5.96. The standard InChI is InChI=1S/C14H19N3O2/c1-14(2,19-3)10-17-13(18)12-7-11(5-4-6-15)8-16-9-12/h7-9H,6,10,15H2,1-3H3,(H,17,18). The molecule has 1 heterocycles. The Balaban J connectivity index is 2.72. The Morgan fingerprint density at radius 3 is 2.89 bits per heavy atom. The second-order valence-electron chi connectivity index (χ2n) is 4.61. The van der Waals surface area contributed by atoms with Gasteiger partial charge in [-0.3, -0.25) is 9.78 Å². The molecule has 0 spiro atoms. The maximum absolute atomic E-state index is 12.0. The normalized spacial score (nSPS) is 10.5. The number of ether oxygens (including phenoxy) is 1. The van der Waals surface area contributed by atoms with Crippen LogP contribution in [0, 0.1) is 11.8 Å². The lowest BCUT2D eigenvalue weighted by atomic mass is 10.1. The molecule has 0 atom stereocenters. The topological polar surface area (TPSA) is 77.2 Å². The van der Waals surface area contributed by atoms with E-state index in [1.165, 1.54) is 6.20 Å². The van der Waals surface area contributed by atoms with Gasteiger partial charge in [-0.1, -0.05) is 11.8 Å². The number of rotatable bonds is 4. The summed E-state index contributed by atoms with van der Waals surface area (Å²) in [5.41, 5.74) is 6.03. The summed E-state index contributed by atoms with van der Waals surface area (Å²) in [6.45, 7) is 4.49. The molecule has 0 aliphatic rings. The molecule has 3 N–H and O–H groups in total. The number of nitrogens with one attached hydrogen (secondary N) is 1. The zero-order chi connectivity index (χ0) is 14.3. The van der Waals surface area contributed by atoms with Gasteiger partial charge < -0.3 is 15.8 Å². The third kappa shape index (κ3) is 5.08. The predicted molar refractivity (Wildman–Crippen MR) is 73.6 cm³/mol. The van der Waals surface area contributed by atoms with E-state index in [2.05, 4.69) is 22.1 Å². The molecule has 0 saturated carbocycles. The molecular weight excluding hydrogens is 242 g/mol. The molecule has 0 saturated heterocycles. The number of methoxy groups -OCH3 is 1. The SMILES string of the molecule is COC(C)(C)CNC(=O)c1cncc(C#CCN)c1. The quantitative estimate of drug-likeness (QED) is 0.776. The van der Waals surface area contributed by atoms with Crippen LogP contribution >= 0.6 is 0 Å². The summed E-state index contributed by atoms with van der Waals surface area (Å²) in [5.74, 6) is 5.36. The Bertz CT molecular complexity index is 501. The van der Waals surface area contributed by atoms with E-state index in [0.29, 0.717) is 17.7 Å². The van der Waals surface area contributed by atoms with E-state index in [1.807, 2.05) is 13.8 Å². The molecule has 0 radical (unpaired) electrons. The number of pyridine rings is 1. The fraction of sp³-hybridized carbons (Fsp3) is 0.429. The average Bonchev–Trinajstić information content (AvgIpc) is 2.43. The number of hydrogen-bond donors (Lipinski definition) is 2. The number of amides is 1. The summed E-state index contributed by atoms with van der Waals surface area (Å²) in [6, 6.07) is 1.69. The van der Waals surface area contributed by atoms with E-state index in [9.17, 15) is 4.79 Å². The number of carbonyl (C=O) groups excluding carboxylic acids is 1. The fourth-order valence-corrected chi connectivity index (χ4v) is 1.25. The van der Waals surface area contributed by atoms with Crippen LogP contribution in [-0.2, 0) is 4.74 Å². The van der Waals surface area contributed by atoms with Crippen molar-refractivity contribution >= 4 is 5.91 Å². The molecule has 1 aromatic rings. The van der Waals surface area contributed by atoms with Crippen molar-refractivity contribution in [2.45, 2.75) is 19.4 Å². The predicted octanol–water partition coefficient (Wildman–Crippen LogP) is 0.547. The van der Waals surface area contributed by atoms with Gasteiger partial charge in [0.2, 0.25) is 0 Å². The minimum Gasteiger partial charge on any atom is -0.377 e. The smallest absolute Gasteiger partial charge is 0.252 e. The van der Waals surface area contributed by atoms with Crippen molar-refractivity contribution in [3.05, 3.63) is 29.6 Å². The Hall–Kier alpha value is -1.90. The van der Waals surface area contributed by atoms with Crippen LogP contribution < -0.4 is 11.1 Å². The number of hydrogen-bond acceptors (Lipinski definition) is 4. The lowest BCUT2D eigenvalue weighted by molar-refractivity contribution is 0.0228. The van der Waals surface area contributed by atoms with Crippen LogP contribution in [0.25, 0.3) is 0 Å². The molecule has 5 heteroatoms. The maximum Gasteiger partial charge on any atom is 0.252 e. The molecule has 1 aromatic heterocycles. The van der Waals surface area contributed by atoms with Gasteiger partial charge in [0.15, 0.2) is 0 Å². The monoisotopic (exact) mass is 261 g/mol. The van der Waals surface area contributed by atoms with E-state index < -0.39 is 5.60 Å². The van der Waals surface area contributed by atoms with Gasteiger partial charge in [-0.15, -0.1) is 0 Å². The molecular formula is C14H19N3O2. The Morgan fingerprint density at radius 2 is 2.26 bits per heavy atom. The van der Waals surface area contributed by atoms with Crippen molar-refractivity contribution in [3.63, 3.8) is 0 Å². The van der Waals surface area contributed by atoms with Crippen LogP contribution in [0.15, 0.2) is 18.5 Å². The number of nitrogens with zero attached hydrogens (tertiary/aromatic N) is 1. The van der Waals surface area contributed by atoms with Crippen LogP contribution in [0.1, 0.15) is 29.8 Å². The van der Waals surface area contributed by atoms with Crippen molar-refractivity contribution in [3.8, 4) is 11.8 Å². The van der Waals surface area contributed by atoms with E-state index >= 15 is 0 Å². The first-order chi connectivity index (χ1) is 8.98. The van der Waals surface area contributed by atoms with Crippen molar-refractivity contribution < 1.29 is 9.53 Å². The average molecular weight is 261 g/mol. The number of aromatic nitrogens is 1. The van der Waals surface area contributed by atoms with Crippen LogP contribution in [0.5, 0.6) is 0 Å². The lowest BCUT2D eigenvalue weighted by Crippen LogP contribution is -2.39. The number of nitrogens with two attached hydrogens (primary N) is 1. The third-order valence-electron chi connectivity index (χ3n) is 2.56. The molecule has 0 aliphatic heterocycles. The summed E-state index contributed by atoms with van der Waals surface area (Å²) in [6.07, 6.45) is 3.10. The second-order valence-corrected chi connectivity index (χ2v) is 4.61. The molecule has 0 aromatic carbocycles. The minimum absolute atomic E-state index is 0.200. The van der Waals surface area contributed by atoms with Gasteiger partial charge in [-0.2, -0.15) is 0 Å². The minimum atomic E-state index is -0.403. The van der Waals surface area contributed by atoms with Gasteiger partial charge in [0.25, 0.3) is 5.91 Å². The maximum atomic E-state index is 12.0. The molecule has 19 heavy (non-hydrogen) atoms. The lowest BCUT2D eigenvalue weighted by Gasteiger charge is -2.23. The van der Waals surface area contributed by atoms with Gasteiger partial charge in [0.1, 0.15) is 0 Å². The zero-order valence-corrected chi connectivity index (χ0v) is 11.5. The highest BCUT2D eigenvalue weighted by atomic mass is 16.5. The molecule has 0 unspecified atom stereocenters. The van der Waals surface area contributed by atoms with Crippen molar-refractivity contribution in [2.75, 3.05) is 20.2 Å². The van der Waals surface area contributed by atoms with Crippen LogP contribution in [-0.4, -0.2) is 36.7 Å². The van der Waals surface area contributed by atoms with E-state index in [4.69, 9.17) is 10.5 Å². The van der Waals surface area contributed by atoms with Gasteiger partial charge in [0, 0.05) is 31.6 Å². The first kappa shape index (κ1) is 15.2. The van der Waals surface area contributed by atoms with Crippen LogP contribution in [0.4, 0.5) is 0 Å². The first-order valence-corrected chi connectivity index (χ1v) is 5.96. The van der Waals surface area contributed by atoms with Gasteiger partial charge in [-0.25, -0.2) is 0 Å². The van der Waals surface area contributed by atoms with Crippen molar-refractivity contribution in [1.29, 1.82) is 0 Å². The van der Waals surface area contributed by atoms with E-state index in [-0.39, 0.29) is 12.5 Å². The summed E-state index contributed by atoms with van der Waals surface area (Å²) in [4.78, 5) is 15.9. The summed E-state index contributed by atoms with van der Waals surface area (Å²) >= 11 is 0. The molecule has 1 rings (SSSR count). The Kier molecular flexibility index (Phi) is 5.49. The fourth-order valence-electron chi connectivity index (χ4n) is 1.25. The van der Waals surface area contributed by atoms with Gasteiger partial charge in [0.05, 0.1) is 17.7 Å². The number of carbonyl (C=O) groups is 1.